The van der Waals surface area contributed by atoms with Crippen LogP contribution in [0.4, 0.5) is 4.39 Å². The second kappa shape index (κ2) is 6.50. The van der Waals surface area contributed by atoms with Crippen LogP contribution in [0.3, 0.4) is 0 Å². The first-order valence-corrected chi connectivity index (χ1v) is 7.71. The van der Waals surface area contributed by atoms with Gasteiger partial charge in [0.15, 0.2) is 0 Å². The predicted octanol–water partition coefficient (Wildman–Crippen LogP) is 2.77. The summed E-state index contributed by atoms with van der Waals surface area (Å²) in [5, 5.41) is 18.1. The molecule has 122 valence electrons. The summed E-state index contributed by atoms with van der Waals surface area (Å²) < 4.78 is 19.0. The molecular weight excluding hydrogens is 297 g/mol. The SMILES string of the molecule is Cc1cc(-c2ccc(F)cc2O)nnc1O[C@@H]1CCCN(C)C1. The maximum absolute atomic E-state index is 13.1. The van der Waals surface area contributed by atoms with E-state index in [0.29, 0.717) is 17.1 Å². The van der Waals surface area contributed by atoms with E-state index in [1.165, 1.54) is 12.1 Å². The fourth-order valence-corrected chi connectivity index (χ4v) is 2.82. The molecule has 6 heteroatoms. The predicted molar refractivity (Wildman–Crippen MR) is 85.0 cm³/mol. The smallest absolute Gasteiger partial charge is 0.236 e. The van der Waals surface area contributed by atoms with E-state index in [0.717, 1.165) is 37.6 Å². The minimum Gasteiger partial charge on any atom is -0.507 e. The summed E-state index contributed by atoms with van der Waals surface area (Å²) in [5.41, 5.74) is 1.78. The van der Waals surface area contributed by atoms with Crippen molar-refractivity contribution in [2.24, 2.45) is 0 Å². The Morgan fingerprint density at radius 1 is 1.30 bits per heavy atom. The van der Waals surface area contributed by atoms with Crippen LogP contribution >= 0.6 is 0 Å². The molecule has 5 nitrogen and oxygen atoms in total. The summed E-state index contributed by atoms with van der Waals surface area (Å²) in [5.74, 6) is -0.130. The number of aromatic nitrogens is 2. The fourth-order valence-electron chi connectivity index (χ4n) is 2.82. The number of nitrogens with zero attached hydrogens (tertiary/aromatic N) is 3. The van der Waals surface area contributed by atoms with Crippen molar-refractivity contribution in [1.82, 2.24) is 15.1 Å². The largest absolute Gasteiger partial charge is 0.507 e. The standard InChI is InChI=1S/C17H20FN3O2/c1-11-8-15(14-6-5-12(18)9-16(14)22)19-20-17(11)23-13-4-3-7-21(2)10-13/h5-6,8-9,13,22H,3-4,7,10H2,1-2H3/t13-/m1/s1. The molecule has 1 aromatic carbocycles. The number of benzene rings is 1. The highest BCUT2D eigenvalue weighted by atomic mass is 19.1. The van der Waals surface area contributed by atoms with Crippen molar-refractivity contribution < 1.29 is 14.2 Å². The quantitative estimate of drug-likeness (QED) is 0.943. The molecule has 0 unspecified atom stereocenters. The van der Waals surface area contributed by atoms with E-state index in [-0.39, 0.29) is 11.9 Å². The molecule has 1 fully saturated rings. The number of aryl methyl sites for hydroxylation is 1. The number of rotatable bonds is 3. The summed E-state index contributed by atoms with van der Waals surface area (Å²) in [6, 6.07) is 5.63. The lowest BCUT2D eigenvalue weighted by Gasteiger charge is -2.29. The van der Waals surface area contributed by atoms with Gasteiger partial charge in [-0.3, -0.25) is 0 Å². The Morgan fingerprint density at radius 3 is 2.83 bits per heavy atom. The lowest BCUT2D eigenvalue weighted by atomic mass is 10.1. The molecule has 1 aliphatic heterocycles. The maximum atomic E-state index is 13.1. The number of halogens is 1. The van der Waals surface area contributed by atoms with Crippen LogP contribution in [-0.2, 0) is 0 Å². The van der Waals surface area contributed by atoms with Crippen LogP contribution in [0.2, 0.25) is 0 Å². The number of piperidine rings is 1. The van der Waals surface area contributed by atoms with Crippen LogP contribution in [0.5, 0.6) is 11.6 Å². The second-order valence-electron chi connectivity index (χ2n) is 6.02. The van der Waals surface area contributed by atoms with Gasteiger partial charge in [0.25, 0.3) is 0 Å². The monoisotopic (exact) mass is 317 g/mol. The van der Waals surface area contributed by atoms with E-state index in [9.17, 15) is 9.50 Å². The minimum atomic E-state index is -0.489. The van der Waals surface area contributed by atoms with Crippen LogP contribution in [0, 0.1) is 12.7 Å². The van der Waals surface area contributed by atoms with Crippen LogP contribution < -0.4 is 4.74 Å². The van der Waals surface area contributed by atoms with Crippen molar-refractivity contribution >= 4 is 0 Å². The first-order chi connectivity index (χ1) is 11.0. The summed E-state index contributed by atoms with van der Waals surface area (Å²) in [6.45, 7) is 3.86. The van der Waals surface area contributed by atoms with Gasteiger partial charge in [0.2, 0.25) is 5.88 Å². The molecule has 0 aliphatic carbocycles. The van der Waals surface area contributed by atoms with Gasteiger partial charge in [-0.25, -0.2) is 4.39 Å². The third-order valence-corrected chi connectivity index (χ3v) is 4.03. The zero-order valence-corrected chi connectivity index (χ0v) is 13.3. The molecule has 3 rings (SSSR count). The molecule has 0 radical (unpaired) electrons. The topological polar surface area (TPSA) is 58.5 Å². The summed E-state index contributed by atoms with van der Waals surface area (Å²) in [4.78, 5) is 2.24. The van der Waals surface area contributed by atoms with Gasteiger partial charge < -0.3 is 14.7 Å². The van der Waals surface area contributed by atoms with Crippen molar-refractivity contribution in [3.63, 3.8) is 0 Å². The number of ether oxygens (including phenoxy) is 1. The Morgan fingerprint density at radius 2 is 2.13 bits per heavy atom. The zero-order valence-electron chi connectivity index (χ0n) is 13.3. The van der Waals surface area contributed by atoms with Gasteiger partial charge in [0.05, 0.1) is 5.69 Å². The highest BCUT2D eigenvalue weighted by Gasteiger charge is 2.20. The molecule has 1 aromatic heterocycles. The van der Waals surface area contributed by atoms with Crippen molar-refractivity contribution in [3.8, 4) is 22.9 Å². The highest BCUT2D eigenvalue weighted by molar-refractivity contribution is 5.67. The maximum Gasteiger partial charge on any atom is 0.236 e. The Hall–Kier alpha value is -2.21. The number of likely N-dealkylation sites (N-methyl/N-ethyl adjacent to an activating group) is 1. The first-order valence-electron chi connectivity index (χ1n) is 7.71. The van der Waals surface area contributed by atoms with E-state index in [4.69, 9.17) is 4.74 Å². The summed E-state index contributed by atoms with van der Waals surface area (Å²) in [6.07, 6.45) is 2.23. The summed E-state index contributed by atoms with van der Waals surface area (Å²) >= 11 is 0. The Bertz CT molecular complexity index is 708. The van der Waals surface area contributed by atoms with E-state index >= 15 is 0 Å². The van der Waals surface area contributed by atoms with Crippen LogP contribution in [0.1, 0.15) is 18.4 Å². The van der Waals surface area contributed by atoms with E-state index < -0.39 is 5.82 Å². The molecule has 23 heavy (non-hydrogen) atoms. The molecule has 2 aromatic rings. The highest BCUT2D eigenvalue weighted by Crippen LogP contribution is 2.30. The molecule has 0 spiro atoms. The average Bonchev–Trinajstić information content (AvgIpc) is 2.49. The molecule has 1 atom stereocenters. The fraction of sp³-hybridized carbons (Fsp3) is 0.412. The van der Waals surface area contributed by atoms with Crippen molar-refractivity contribution in [2.45, 2.75) is 25.9 Å². The molecule has 1 saturated heterocycles. The van der Waals surface area contributed by atoms with Crippen LogP contribution in [-0.4, -0.2) is 46.4 Å². The molecule has 2 heterocycles. The molecule has 1 N–H and O–H groups in total. The minimum absolute atomic E-state index is 0.117. The van der Waals surface area contributed by atoms with Crippen molar-refractivity contribution in [2.75, 3.05) is 20.1 Å². The zero-order chi connectivity index (χ0) is 16.4. The number of hydrogen-bond donors (Lipinski definition) is 1. The van der Waals surface area contributed by atoms with Gasteiger partial charge in [0, 0.05) is 23.7 Å². The molecule has 0 bridgehead atoms. The molecule has 0 amide bonds. The third kappa shape index (κ3) is 3.59. The van der Waals surface area contributed by atoms with Crippen molar-refractivity contribution in [3.05, 3.63) is 35.6 Å². The molecule has 1 aliphatic rings. The third-order valence-electron chi connectivity index (χ3n) is 4.03. The molecule has 0 saturated carbocycles. The van der Waals surface area contributed by atoms with Gasteiger partial charge >= 0.3 is 0 Å². The number of phenolic OH excluding ortho intramolecular Hbond substituents is 1. The number of hydrogen-bond acceptors (Lipinski definition) is 5. The van der Waals surface area contributed by atoms with Gasteiger partial charge in [-0.1, -0.05) is 0 Å². The van der Waals surface area contributed by atoms with Gasteiger partial charge in [-0.05, 0) is 51.6 Å². The number of phenols is 1. The lowest BCUT2D eigenvalue weighted by Crippen LogP contribution is -2.38. The van der Waals surface area contributed by atoms with E-state index in [1.54, 1.807) is 6.07 Å². The number of likely N-dealkylation sites (tertiary alicyclic amines) is 1. The second-order valence-corrected chi connectivity index (χ2v) is 6.02. The average molecular weight is 317 g/mol. The Kier molecular flexibility index (Phi) is 4.43. The Balaban J connectivity index is 1.80. The summed E-state index contributed by atoms with van der Waals surface area (Å²) in [7, 11) is 2.08. The lowest BCUT2D eigenvalue weighted by molar-refractivity contribution is 0.0984. The van der Waals surface area contributed by atoms with Crippen LogP contribution in [0.15, 0.2) is 24.3 Å². The Labute approximate surface area is 134 Å². The normalized spacial score (nSPS) is 18.8. The van der Waals surface area contributed by atoms with Crippen molar-refractivity contribution in [1.29, 1.82) is 0 Å². The number of aromatic hydroxyl groups is 1. The first kappa shape index (κ1) is 15.7. The van der Waals surface area contributed by atoms with Gasteiger partial charge in [0.1, 0.15) is 17.7 Å². The van der Waals surface area contributed by atoms with E-state index in [1.807, 2.05) is 6.92 Å². The van der Waals surface area contributed by atoms with Gasteiger partial charge in [-0.2, -0.15) is 0 Å². The van der Waals surface area contributed by atoms with Crippen LogP contribution in [0.25, 0.3) is 11.3 Å². The van der Waals surface area contributed by atoms with E-state index in [2.05, 4.69) is 22.1 Å². The van der Waals surface area contributed by atoms with Gasteiger partial charge in [-0.15, -0.1) is 10.2 Å². The molecular formula is C17H20FN3O2.